The van der Waals surface area contributed by atoms with Gasteiger partial charge < -0.3 is 10.1 Å². The first kappa shape index (κ1) is 17.3. The molecule has 0 aliphatic heterocycles. The molecule has 0 spiro atoms. The summed E-state index contributed by atoms with van der Waals surface area (Å²) in [5.74, 6) is 1.53. The fraction of sp³-hybridized carbons (Fsp3) is 0.100. The number of fused-ring (bicyclic) bond motifs is 1. The summed E-state index contributed by atoms with van der Waals surface area (Å²) in [5.41, 5.74) is 2.20. The molecular formula is C20H16ClFN4O. The third-order valence-corrected chi connectivity index (χ3v) is 4.54. The quantitative estimate of drug-likeness (QED) is 0.538. The van der Waals surface area contributed by atoms with Gasteiger partial charge in [0.05, 0.1) is 12.1 Å². The predicted molar refractivity (Wildman–Crippen MR) is 104 cm³/mol. The summed E-state index contributed by atoms with van der Waals surface area (Å²) in [6.07, 6.45) is 3.52. The molecule has 136 valence electrons. The number of benzene rings is 2. The molecule has 0 atom stereocenters. The van der Waals surface area contributed by atoms with E-state index >= 15 is 0 Å². The molecule has 0 aliphatic rings. The summed E-state index contributed by atoms with van der Waals surface area (Å²) < 4.78 is 21.2. The summed E-state index contributed by atoms with van der Waals surface area (Å²) in [6.45, 7) is 0.510. The highest BCUT2D eigenvalue weighted by Crippen LogP contribution is 2.31. The lowest BCUT2D eigenvalue weighted by Crippen LogP contribution is -2.05. The number of aromatic nitrogens is 3. The second-order valence-electron chi connectivity index (χ2n) is 5.89. The van der Waals surface area contributed by atoms with Crippen molar-refractivity contribution in [3.8, 4) is 17.0 Å². The van der Waals surface area contributed by atoms with Crippen molar-refractivity contribution in [1.82, 2.24) is 14.4 Å². The maximum Gasteiger partial charge on any atom is 0.235 e. The average Bonchev–Trinajstić information content (AvgIpc) is 3.07. The van der Waals surface area contributed by atoms with Crippen LogP contribution in [0, 0.1) is 5.82 Å². The van der Waals surface area contributed by atoms with Crippen LogP contribution in [0.2, 0.25) is 5.02 Å². The monoisotopic (exact) mass is 382 g/mol. The Labute approximate surface area is 160 Å². The van der Waals surface area contributed by atoms with Gasteiger partial charge >= 0.3 is 0 Å². The Hall–Kier alpha value is -3.12. The highest BCUT2D eigenvalue weighted by Gasteiger charge is 2.16. The van der Waals surface area contributed by atoms with Crippen LogP contribution < -0.4 is 10.1 Å². The van der Waals surface area contributed by atoms with Gasteiger partial charge in [0.15, 0.2) is 0 Å². The molecule has 0 amide bonds. The summed E-state index contributed by atoms with van der Waals surface area (Å²) in [4.78, 5) is 8.84. The molecule has 7 heteroatoms. The number of rotatable bonds is 5. The molecule has 2 heterocycles. The van der Waals surface area contributed by atoms with E-state index < -0.39 is 5.82 Å². The Morgan fingerprint density at radius 1 is 1.19 bits per heavy atom. The van der Waals surface area contributed by atoms with E-state index in [0.717, 1.165) is 11.3 Å². The standard InChI is InChI=1S/C20H16ClFN4O/c1-27-17-6-3-2-5-14(17)12-24-19-18(13-7-8-15(21)16(22)11-13)25-20-23-9-4-10-26(19)20/h2-11,24H,12H2,1H3. The maximum atomic E-state index is 14.0. The normalized spacial score (nSPS) is 10.9. The van der Waals surface area contributed by atoms with Crippen LogP contribution in [0.3, 0.4) is 0 Å². The van der Waals surface area contributed by atoms with Crippen LogP contribution in [0.4, 0.5) is 10.2 Å². The zero-order valence-corrected chi connectivity index (χ0v) is 15.2. The zero-order chi connectivity index (χ0) is 18.8. The molecule has 0 unspecified atom stereocenters. The number of ether oxygens (including phenoxy) is 1. The molecular weight excluding hydrogens is 367 g/mol. The fourth-order valence-electron chi connectivity index (χ4n) is 2.93. The van der Waals surface area contributed by atoms with Crippen molar-refractivity contribution in [3.63, 3.8) is 0 Å². The van der Waals surface area contributed by atoms with Gasteiger partial charge in [0.2, 0.25) is 5.78 Å². The van der Waals surface area contributed by atoms with Gasteiger partial charge in [-0.2, -0.15) is 0 Å². The van der Waals surface area contributed by atoms with E-state index in [2.05, 4.69) is 15.3 Å². The predicted octanol–water partition coefficient (Wildman–Crippen LogP) is 4.81. The van der Waals surface area contributed by atoms with E-state index in [1.165, 1.54) is 12.1 Å². The first-order chi connectivity index (χ1) is 13.2. The molecule has 27 heavy (non-hydrogen) atoms. The van der Waals surface area contributed by atoms with Gasteiger partial charge in [-0.05, 0) is 24.3 Å². The van der Waals surface area contributed by atoms with E-state index in [1.807, 2.05) is 40.9 Å². The number of hydrogen-bond donors (Lipinski definition) is 1. The van der Waals surface area contributed by atoms with Crippen LogP contribution >= 0.6 is 11.6 Å². The second kappa shape index (κ2) is 7.25. The van der Waals surface area contributed by atoms with Crippen molar-refractivity contribution in [2.45, 2.75) is 6.54 Å². The zero-order valence-electron chi connectivity index (χ0n) is 14.5. The number of halogens is 2. The number of para-hydroxylation sites is 1. The van der Waals surface area contributed by atoms with Crippen LogP contribution in [0.15, 0.2) is 60.9 Å². The van der Waals surface area contributed by atoms with Crippen LogP contribution in [0.1, 0.15) is 5.56 Å². The largest absolute Gasteiger partial charge is 0.496 e. The number of imidazole rings is 1. The van der Waals surface area contributed by atoms with Gasteiger partial charge in [0.1, 0.15) is 23.1 Å². The van der Waals surface area contributed by atoms with Gasteiger partial charge in [-0.1, -0.05) is 35.9 Å². The van der Waals surface area contributed by atoms with Gasteiger partial charge in [-0.25, -0.2) is 14.4 Å². The lowest BCUT2D eigenvalue weighted by Gasteiger charge is -2.12. The third kappa shape index (κ3) is 3.31. The molecule has 0 fully saturated rings. The van der Waals surface area contributed by atoms with Gasteiger partial charge in [-0.15, -0.1) is 0 Å². The van der Waals surface area contributed by atoms with Crippen molar-refractivity contribution in [2.75, 3.05) is 12.4 Å². The topological polar surface area (TPSA) is 51.5 Å². The first-order valence-corrected chi connectivity index (χ1v) is 8.69. The molecule has 0 bridgehead atoms. The first-order valence-electron chi connectivity index (χ1n) is 8.31. The molecule has 4 aromatic rings. The van der Waals surface area contributed by atoms with Crippen molar-refractivity contribution >= 4 is 23.2 Å². The van der Waals surface area contributed by atoms with Crippen molar-refractivity contribution < 1.29 is 9.13 Å². The molecule has 2 aromatic heterocycles. The number of anilines is 1. The molecule has 0 radical (unpaired) electrons. The van der Waals surface area contributed by atoms with Crippen molar-refractivity contribution in [3.05, 3.63) is 77.3 Å². The average molecular weight is 383 g/mol. The van der Waals surface area contributed by atoms with E-state index in [1.54, 1.807) is 19.4 Å². The fourth-order valence-corrected chi connectivity index (χ4v) is 3.05. The van der Waals surface area contributed by atoms with E-state index in [0.29, 0.717) is 29.4 Å². The van der Waals surface area contributed by atoms with Crippen molar-refractivity contribution in [1.29, 1.82) is 0 Å². The summed E-state index contributed by atoms with van der Waals surface area (Å²) in [6, 6.07) is 14.2. The Bertz CT molecular complexity index is 1110. The minimum Gasteiger partial charge on any atom is -0.496 e. The van der Waals surface area contributed by atoms with E-state index in [4.69, 9.17) is 16.3 Å². The maximum absolute atomic E-state index is 14.0. The minimum atomic E-state index is -0.491. The van der Waals surface area contributed by atoms with E-state index in [9.17, 15) is 4.39 Å². The summed E-state index contributed by atoms with van der Waals surface area (Å²) >= 11 is 5.82. The van der Waals surface area contributed by atoms with Crippen LogP contribution in [0.5, 0.6) is 5.75 Å². The second-order valence-corrected chi connectivity index (χ2v) is 6.30. The van der Waals surface area contributed by atoms with Crippen LogP contribution in [0.25, 0.3) is 17.0 Å². The Kier molecular flexibility index (Phi) is 4.64. The number of nitrogens with zero attached hydrogens (tertiary/aromatic N) is 3. The Balaban J connectivity index is 1.77. The molecule has 2 aromatic carbocycles. The number of nitrogens with one attached hydrogen (secondary N) is 1. The SMILES string of the molecule is COc1ccccc1CNc1c(-c2ccc(Cl)c(F)c2)nc2ncccn12. The molecule has 5 nitrogen and oxygen atoms in total. The third-order valence-electron chi connectivity index (χ3n) is 4.24. The molecule has 1 N–H and O–H groups in total. The summed E-state index contributed by atoms with van der Waals surface area (Å²) in [5, 5.41) is 3.46. The molecule has 0 aliphatic carbocycles. The Morgan fingerprint density at radius 2 is 2.04 bits per heavy atom. The van der Waals surface area contributed by atoms with Crippen molar-refractivity contribution in [2.24, 2.45) is 0 Å². The van der Waals surface area contributed by atoms with Gasteiger partial charge in [-0.3, -0.25) is 4.40 Å². The molecule has 4 rings (SSSR count). The minimum absolute atomic E-state index is 0.0733. The highest BCUT2D eigenvalue weighted by atomic mass is 35.5. The number of methoxy groups -OCH3 is 1. The van der Waals surface area contributed by atoms with E-state index in [-0.39, 0.29) is 5.02 Å². The highest BCUT2D eigenvalue weighted by molar-refractivity contribution is 6.30. The lowest BCUT2D eigenvalue weighted by molar-refractivity contribution is 0.410. The van der Waals surface area contributed by atoms with Crippen LogP contribution in [-0.4, -0.2) is 21.5 Å². The summed E-state index contributed by atoms with van der Waals surface area (Å²) in [7, 11) is 1.64. The van der Waals surface area contributed by atoms with Crippen LogP contribution in [-0.2, 0) is 6.54 Å². The lowest BCUT2D eigenvalue weighted by atomic mass is 10.1. The van der Waals surface area contributed by atoms with Gasteiger partial charge in [0, 0.05) is 30.1 Å². The molecule has 0 saturated carbocycles. The van der Waals surface area contributed by atoms with Gasteiger partial charge in [0.25, 0.3) is 0 Å². The Morgan fingerprint density at radius 3 is 2.85 bits per heavy atom. The molecule has 0 saturated heterocycles. The number of hydrogen-bond acceptors (Lipinski definition) is 4. The smallest absolute Gasteiger partial charge is 0.235 e.